The van der Waals surface area contributed by atoms with Crippen LogP contribution in [0.1, 0.15) is 24.3 Å². The van der Waals surface area contributed by atoms with Gasteiger partial charge in [-0.3, -0.25) is 9.69 Å². The minimum absolute atomic E-state index is 0.0674. The second-order valence-corrected chi connectivity index (χ2v) is 5.96. The topological polar surface area (TPSA) is 49.8 Å². The van der Waals surface area contributed by atoms with Crippen LogP contribution in [0.15, 0.2) is 17.5 Å². The van der Waals surface area contributed by atoms with Crippen molar-refractivity contribution < 1.29 is 14.6 Å². The Morgan fingerprint density at radius 1 is 1.72 bits per heavy atom. The number of aliphatic hydroxyl groups excluding tert-OH is 1. The molecule has 100 valence electrons. The number of thiophene rings is 1. The molecule has 1 aliphatic heterocycles. The fourth-order valence-electron chi connectivity index (χ4n) is 2.88. The van der Waals surface area contributed by atoms with Gasteiger partial charge in [0.15, 0.2) is 0 Å². The SMILES string of the molecule is COC(=O)[C@]1(C)C[C@H](CO)[C@@H](c2cccs2)N1C. The number of carbonyl (C=O) groups is 1. The van der Waals surface area contributed by atoms with Crippen LogP contribution in [-0.4, -0.2) is 42.3 Å². The molecule has 1 fully saturated rings. The van der Waals surface area contributed by atoms with Crippen LogP contribution in [0.4, 0.5) is 0 Å². The van der Waals surface area contributed by atoms with Crippen LogP contribution in [0.5, 0.6) is 0 Å². The van der Waals surface area contributed by atoms with E-state index in [-0.39, 0.29) is 24.5 Å². The smallest absolute Gasteiger partial charge is 0.326 e. The van der Waals surface area contributed by atoms with Crippen molar-refractivity contribution in [2.75, 3.05) is 20.8 Å². The Kier molecular flexibility index (Phi) is 3.75. The molecular formula is C13H19NO3S. The zero-order valence-electron chi connectivity index (χ0n) is 10.9. The lowest BCUT2D eigenvalue weighted by atomic mass is 9.93. The summed E-state index contributed by atoms with van der Waals surface area (Å²) in [6.07, 6.45) is 0.620. The highest BCUT2D eigenvalue weighted by molar-refractivity contribution is 7.10. The molecule has 0 saturated carbocycles. The van der Waals surface area contributed by atoms with Gasteiger partial charge in [0.1, 0.15) is 5.54 Å². The average Bonchev–Trinajstić information content (AvgIpc) is 2.96. The summed E-state index contributed by atoms with van der Waals surface area (Å²) in [5.74, 6) is -0.166. The highest BCUT2D eigenvalue weighted by atomic mass is 32.1. The molecule has 0 unspecified atom stereocenters. The number of methoxy groups -OCH3 is 1. The summed E-state index contributed by atoms with van der Waals surface area (Å²) in [5, 5.41) is 11.6. The van der Waals surface area contributed by atoms with E-state index < -0.39 is 5.54 Å². The first-order valence-corrected chi connectivity index (χ1v) is 6.88. The number of ether oxygens (including phenoxy) is 1. The van der Waals surface area contributed by atoms with Gasteiger partial charge in [-0.05, 0) is 31.8 Å². The van der Waals surface area contributed by atoms with Crippen molar-refractivity contribution in [2.45, 2.75) is 24.9 Å². The highest BCUT2D eigenvalue weighted by Crippen LogP contribution is 2.46. The molecule has 2 rings (SSSR count). The van der Waals surface area contributed by atoms with Gasteiger partial charge in [-0.15, -0.1) is 11.3 Å². The van der Waals surface area contributed by atoms with Gasteiger partial charge in [-0.25, -0.2) is 0 Å². The van der Waals surface area contributed by atoms with Gasteiger partial charge in [0.2, 0.25) is 0 Å². The normalized spacial score (nSPS) is 32.7. The lowest BCUT2D eigenvalue weighted by Gasteiger charge is -2.32. The summed E-state index contributed by atoms with van der Waals surface area (Å²) >= 11 is 1.66. The summed E-state index contributed by atoms with van der Waals surface area (Å²) in [7, 11) is 3.34. The largest absolute Gasteiger partial charge is 0.468 e. The highest BCUT2D eigenvalue weighted by Gasteiger charge is 2.52. The lowest BCUT2D eigenvalue weighted by Crippen LogP contribution is -2.47. The Labute approximate surface area is 111 Å². The molecular weight excluding hydrogens is 250 g/mol. The average molecular weight is 269 g/mol. The number of aliphatic hydroxyl groups is 1. The minimum Gasteiger partial charge on any atom is -0.468 e. The predicted molar refractivity (Wildman–Crippen MR) is 70.4 cm³/mol. The Morgan fingerprint density at radius 3 is 2.94 bits per heavy atom. The van der Waals surface area contributed by atoms with Crippen LogP contribution >= 0.6 is 11.3 Å². The van der Waals surface area contributed by atoms with Crippen LogP contribution in [0, 0.1) is 5.92 Å². The molecule has 2 heterocycles. The van der Waals surface area contributed by atoms with Gasteiger partial charge in [0.05, 0.1) is 7.11 Å². The third-order valence-electron chi connectivity index (χ3n) is 4.00. The summed E-state index contributed by atoms with van der Waals surface area (Å²) < 4.78 is 4.91. The number of likely N-dealkylation sites (N-methyl/N-ethyl adjacent to an activating group) is 1. The first-order chi connectivity index (χ1) is 8.54. The Hall–Kier alpha value is -0.910. The van der Waals surface area contributed by atoms with E-state index in [1.807, 2.05) is 30.3 Å². The van der Waals surface area contributed by atoms with Gasteiger partial charge in [0, 0.05) is 23.4 Å². The standard InChI is InChI=1S/C13H19NO3S/c1-13(12(16)17-3)7-9(8-15)11(14(13)2)10-5-4-6-18-10/h4-6,9,11,15H,7-8H2,1-3H3/t9-,11+,13+/m1/s1. The molecule has 0 radical (unpaired) electrons. The van der Waals surface area contributed by atoms with E-state index in [9.17, 15) is 9.90 Å². The lowest BCUT2D eigenvalue weighted by molar-refractivity contribution is -0.152. The number of rotatable bonds is 3. The summed E-state index contributed by atoms with van der Waals surface area (Å²) in [5.41, 5.74) is -0.656. The molecule has 1 aromatic heterocycles. The molecule has 5 heteroatoms. The van der Waals surface area contributed by atoms with Crippen LogP contribution in [0.3, 0.4) is 0 Å². The summed E-state index contributed by atoms with van der Waals surface area (Å²) in [4.78, 5) is 15.2. The number of carbonyl (C=O) groups excluding carboxylic acids is 1. The van der Waals surface area contributed by atoms with E-state index in [4.69, 9.17) is 4.74 Å². The van der Waals surface area contributed by atoms with E-state index in [1.165, 1.54) is 12.0 Å². The van der Waals surface area contributed by atoms with E-state index >= 15 is 0 Å². The first-order valence-electron chi connectivity index (χ1n) is 6.00. The fourth-order valence-corrected chi connectivity index (χ4v) is 3.85. The maximum atomic E-state index is 12.0. The van der Waals surface area contributed by atoms with Crippen molar-refractivity contribution in [2.24, 2.45) is 5.92 Å². The second-order valence-electron chi connectivity index (χ2n) is 4.98. The first kappa shape index (κ1) is 13.5. The number of hydrogen-bond acceptors (Lipinski definition) is 5. The maximum Gasteiger partial charge on any atom is 0.326 e. The van der Waals surface area contributed by atoms with Crippen molar-refractivity contribution >= 4 is 17.3 Å². The van der Waals surface area contributed by atoms with Crippen LogP contribution in [0.25, 0.3) is 0 Å². The molecule has 0 amide bonds. The van der Waals surface area contributed by atoms with Gasteiger partial charge in [0.25, 0.3) is 0 Å². The minimum atomic E-state index is -0.656. The van der Waals surface area contributed by atoms with Gasteiger partial charge < -0.3 is 9.84 Å². The Bertz CT molecular complexity index is 420. The van der Waals surface area contributed by atoms with Crippen LogP contribution in [0.2, 0.25) is 0 Å². The van der Waals surface area contributed by atoms with E-state index in [1.54, 1.807) is 11.3 Å². The summed E-state index contributed by atoms with van der Waals surface area (Å²) in [6.45, 7) is 1.97. The van der Waals surface area contributed by atoms with Crippen molar-refractivity contribution in [3.63, 3.8) is 0 Å². The van der Waals surface area contributed by atoms with Crippen molar-refractivity contribution in [1.82, 2.24) is 4.90 Å². The quantitative estimate of drug-likeness (QED) is 0.848. The van der Waals surface area contributed by atoms with Gasteiger partial charge in [-0.2, -0.15) is 0 Å². The Balaban J connectivity index is 2.34. The number of hydrogen-bond donors (Lipinski definition) is 1. The van der Waals surface area contributed by atoms with Crippen molar-refractivity contribution in [3.8, 4) is 0 Å². The molecule has 0 spiro atoms. The van der Waals surface area contributed by atoms with Gasteiger partial charge in [-0.1, -0.05) is 6.07 Å². The molecule has 1 aliphatic rings. The number of likely N-dealkylation sites (tertiary alicyclic amines) is 1. The molecule has 0 aliphatic carbocycles. The Morgan fingerprint density at radius 2 is 2.44 bits per heavy atom. The summed E-state index contributed by atoms with van der Waals surface area (Å²) in [6, 6.07) is 4.13. The third-order valence-corrected chi connectivity index (χ3v) is 4.94. The molecule has 1 saturated heterocycles. The fraction of sp³-hybridized carbons (Fsp3) is 0.615. The number of nitrogens with zero attached hydrogens (tertiary/aromatic N) is 1. The molecule has 3 atom stereocenters. The molecule has 4 nitrogen and oxygen atoms in total. The third kappa shape index (κ3) is 1.96. The van der Waals surface area contributed by atoms with Crippen molar-refractivity contribution in [1.29, 1.82) is 0 Å². The van der Waals surface area contributed by atoms with E-state index in [2.05, 4.69) is 6.07 Å². The van der Waals surface area contributed by atoms with E-state index in [0.29, 0.717) is 6.42 Å². The van der Waals surface area contributed by atoms with Crippen LogP contribution in [-0.2, 0) is 9.53 Å². The maximum absolute atomic E-state index is 12.0. The molecule has 18 heavy (non-hydrogen) atoms. The molecule has 0 aromatic carbocycles. The molecule has 1 N–H and O–H groups in total. The van der Waals surface area contributed by atoms with Crippen LogP contribution < -0.4 is 0 Å². The second kappa shape index (κ2) is 4.99. The monoisotopic (exact) mass is 269 g/mol. The van der Waals surface area contributed by atoms with Crippen molar-refractivity contribution in [3.05, 3.63) is 22.4 Å². The molecule has 0 bridgehead atoms. The predicted octanol–water partition coefficient (Wildman–Crippen LogP) is 1.66. The molecule has 1 aromatic rings. The zero-order valence-corrected chi connectivity index (χ0v) is 11.7. The van der Waals surface area contributed by atoms with E-state index in [0.717, 1.165) is 0 Å². The zero-order chi connectivity index (χ0) is 13.3. The number of esters is 1. The van der Waals surface area contributed by atoms with Gasteiger partial charge >= 0.3 is 5.97 Å².